The predicted molar refractivity (Wildman–Crippen MR) is 90.3 cm³/mol. The molecule has 0 aromatic heterocycles. The van der Waals surface area contributed by atoms with Gasteiger partial charge in [0.15, 0.2) is 0 Å². The number of hydrogen-bond acceptors (Lipinski definition) is 2. The second-order valence-electron chi connectivity index (χ2n) is 5.93. The summed E-state index contributed by atoms with van der Waals surface area (Å²) in [6, 6.07) is 16.0. The zero-order chi connectivity index (χ0) is 15.3. The van der Waals surface area contributed by atoms with E-state index < -0.39 is 0 Å². The smallest absolute Gasteiger partial charge is 0.122 e. The van der Waals surface area contributed by atoms with Gasteiger partial charge in [0.1, 0.15) is 24.7 Å². The fourth-order valence-electron chi connectivity index (χ4n) is 1.93. The molecular formula is C18H21BrO2. The maximum atomic E-state index is 5.76. The molecule has 2 rings (SSSR count). The van der Waals surface area contributed by atoms with E-state index in [-0.39, 0.29) is 5.41 Å². The molecule has 0 aliphatic heterocycles. The van der Waals surface area contributed by atoms with E-state index in [1.54, 1.807) is 0 Å². The molecule has 0 saturated carbocycles. The van der Waals surface area contributed by atoms with Gasteiger partial charge in [0, 0.05) is 4.47 Å². The van der Waals surface area contributed by atoms with Gasteiger partial charge in [-0.3, -0.25) is 0 Å². The Hall–Kier alpha value is -1.48. The first-order valence-corrected chi connectivity index (χ1v) is 7.86. The van der Waals surface area contributed by atoms with Crippen LogP contribution in [0.15, 0.2) is 53.0 Å². The summed E-state index contributed by atoms with van der Waals surface area (Å²) >= 11 is 3.42. The van der Waals surface area contributed by atoms with Crippen molar-refractivity contribution in [1.82, 2.24) is 0 Å². The van der Waals surface area contributed by atoms with Crippen LogP contribution in [0, 0.1) is 0 Å². The first-order valence-electron chi connectivity index (χ1n) is 7.07. The molecule has 0 aliphatic carbocycles. The zero-order valence-electron chi connectivity index (χ0n) is 12.7. The van der Waals surface area contributed by atoms with E-state index in [4.69, 9.17) is 9.47 Å². The van der Waals surface area contributed by atoms with Crippen LogP contribution < -0.4 is 9.47 Å². The van der Waals surface area contributed by atoms with Crippen molar-refractivity contribution in [2.24, 2.45) is 0 Å². The Morgan fingerprint density at radius 1 is 0.857 bits per heavy atom. The standard InChI is InChI=1S/C18H21BrO2/c1-18(2,3)14-6-4-8-16(12-14)20-10-11-21-17-9-5-7-15(19)13-17/h4-9,12-13H,10-11H2,1-3H3. The molecule has 0 heterocycles. The molecular weight excluding hydrogens is 328 g/mol. The van der Waals surface area contributed by atoms with Crippen molar-refractivity contribution in [3.8, 4) is 11.5 Å². The lowest BCUT2D eigenvalue weighted by molar-refractivity contribution is 0.217. The summed E-state index contributed by atoms with van der Waals surface area (Å²) in [5, 5.41) is 0. The number of halogens is 1. The molecule has 3 heteroatoms. The Labute approximate surface area is 135 Å². The summed E-state index contributed by atoms with van der Waals surface area (Å²) in [5.41, 5.74) is 1.40. The highest BCUT2D eigenvalue weighted by Crippen LogP contribution is 2.25. The Kier molecular flexibility index (Phi) is 5.29. The average molecular weight is 349 g/mol. The van der Waals surface area contributed by atoms with Gasteiger partial charge in [0.25, 0.3) is 0 Å². The van der Waals surface area contributed by atoms with Crippen LogP contribution in [0.25, 0.3) is 0 Å². The van der Waals surface area contributed by atoms with Crippen LogP contribution in [-0.2, 0) is 5.41 Å². The second-order valence-corrected chi connectivity index (χ2v) is 6.85. The third kappa shape index (κ3) is 5.09. The van der Waals surface area contributed by atoms with Crippen molar-refractivity contribution in [2.75, 3.05) is 13.2 Å². The summed E-state index contributed by atoms with van der Waals surface area (Å²) in [7, 11) is 0. The van der Waals surface area contributed by atoms with Gasteiger partial charge >= 0.3 is 0 Å². The van der Waals surface area contributed by atoms with Crippen LogP contribution in [0.2, 0.25) is 0 Å². The normalized spacial score (nSPS) is 11.2. The van der Waals surface area contributed by atoms with Crippen LogP contribution in [0.3, 0.4) is 0 Å². The molecule has 2 aromatic rings. The van der Waals surface area contributed by atoms with E-state index in [1.165, 1.54) is 5.56 Å². The van der Waals surface area contributed by atoms with Gasteiger partial charge in [-0.15, -0.1) is 0 Å². The molecule has 0 radical (unpaired) electrons. The number of rotatable bonds is 5. The van der Waals surface area contributed by atoms with Crippen molar-refractivity contribution in [3.63, 3.8) is 0 Å². The van der Waals surface area contributed by atoms with Crippen LogP contribution in [0.4, 0.5) is 0 Å². The van der Waals surface area contributed by atoms with Crippen LogP contribution in [-0.4, -0.2) is 13.2 Å². The van der Waals surface area contributed by atoms with Crippen molar-refractivity contribution in [3.05, 3.63) is 58.6 Å². The first-order chi connectivity index (χ1) is 9.95. The fraction of sp³-hybridized carbons (Fsp3) is 0.333. The van der Waals surface area contributed by atoms with Gasteiger partial charge in [-0.05, 0) is 41.3 Å². The summed E-state index contributed by atoms with van der Waals surface area (Å²) in [6.07, 6.45) is 0. The van der Waals surface area contributed by atoms with E-state index in [9.17, 15) is 0 Å². The van der Waals surface area contributed by atoms with E-state index in [1.807, 2.05) is 36.4 Å². The lowest BCUT2D eigenvalue weighted by atomic mass is 9.87. The summed E-state index contributed by atoms with van der Waals surface area (Å²) in [6.45, 7) is 7.64. The van der Waals surface area contributed by atoms with E-state index >= 15 is 0 Å². The molecule has 0 N–H and O–H groups in total. The maximum absolute atomic E-state index is 5.76. The van der Waals surface area contributed by atoms with Crippen molar-refractivity contribution in [1.29, 1.82) is 0 Å². The lowest BCUT2D eigenvalue weighted by Gasteiger charge is -2.19. The SMILES string of the molecule is CC(C)(C)c1cccc(OCCOc2cccc(Br)c2)c1. The maximum Gasteiger partial charge on any atom is 0.122 e. The van der Waals surface area contributed by atoms with E-state index in [0.717, 1.165) is 16.0 Å². The molecule has 0 spiro atoms. The molecule has 2 nitrogen and oxygen atoms in total. The fourth-order valence-corrected chi connectivity index (χ4v) is 2.31. The summed E-state index contributed by atoms with van der Waals surface area (Å²) in [5.74, 6) is 1.73. The third-order valence-corrected chi connectivity index (χ3v) is 3.61. The third-order valence-electron chi connectivity index (χ3n) is 3.12. The minimum Gasteiger partial charge on any atom is -0.490 e. The van der Waals surface area contributed by atoms with Gasteiger partial charge in [-0.1, -0.05) is 54.9 Å². The Bertz CT molecular complexity index is 588. The lowest BCUT2D eigenvalue weighted by Crippen LogP contribution is -2.12. The van der Waals surface area contributed by atoms with Gasteiger partial charge in [0.2, 0.25) is 0 Å². The molecule has 0 amide bonds. The topological polar surface area (TPSA) is 18.5 Å². The Morgan fingerprint density at radius 2 is 1.43 bits per heavy atom. The average Bonchev–Trinajstić information content (AvgIpc) is 2.43. The molecule has 0 fully saturated rings. The molecule has 0 saturated heterocycles. The molecule has 0 atom stereocenters. The highest BCUT2D eigenvalue weighted by atomic mass is 79.9. The summed E-state index contributed by atoms with van der Waals surface area (Å²) in [4.78, 5) is 0. The van der Waals surface area contributed by atoms with Crippen LogP contribution >= 0.6 is 15.9 Å². The molecule has 0 aliphatic rings. The van der Waals surface area contributed by atoms with Crippen LogP contribution in [0.1, 0.15) is 26.3 Å². The Balaban J connectivity index is 1.84. The van der Waals surface area contributed by atoms with Crippen molar-refractivity contribution >= 4 is 15.9 Å². The van der Waals surface area contributed by atoms with Crippen molar-refractivity contribution < 1.29 is 9.47 Å². The largest absolute Gasteiger partial charge is 0.490 e. The van der Waals surface area contributed by atoms with Crippen molar-refractivity contribution in [2.45, 2.75) is 26.2 Å². The van der Waals surface area contributed by atoms with Gasteiger partial charge in [-0.25, -0.2) is 0 Å². The number of benzene rings is 2. The molecule has 0 bridgehead atoms. The monoisotopic (exact) mass is 348 g/mol. The van der Waals surface area contributed by atoms with Crippen LogP contribution in [0.5, 0.6) is 11.5 Å². The molecule has 21 heavy (non-hydrogen) atoms. The van der Waals surface area contributed by atoms with E-state index in [0.29, 0.717) is 13.2 Å². The number of ether oxygens (including phenoxy) is 2. The Morgan fingerprint density at radius 3 is 2.00 bits per heavy atom. The predicted octanol–water partition coefficient (Wildman–Crippen LogP) is 5.20. The highest BCUT2D eigenvalue weighted by Gasteiger charge is 2.13. The zero-order valence-corrected chi connectivity index (χ0v) is 14.3. The quantitative estimate of drug-likeness (QED) is 0.691. The number of hydrogen-bond donors (Lipinski definition) is 0. The molecule has 2 aromatic carbocycles. The van der Waals surface area contributed by atoms with Gasteiger partial charge < -0.3 is 9.47 Å². The second kappa shape index (κ2) is 6.99. The minimum atomic E-state index is 0.131. The van der Waals surface area contributed by atoms with Gasteiger partial charge in [-0.2, -0.15) is 0 Å². The van der Waals surface area contributed by atoms with E-state index in [2.05, 4.69) is 48.8 Å². The van der Waals surface area contributed by atoms with Gasteiger partial charge in [0.05, 0.1) is 0 Å². The molecule has 0 unspecified atom stereocenters. The minimum absolute atomic E-state index is 0.131. The first kappa shape index (κ1) is 15.9. The molecule has 112 valence electrons. The summed E-state index contributed by atoms with van der Waals surface area (Å²) < 4.78 is 12.4. The highest BCUT2D eigenvalue weighted by molar-refractivity contribution is 9.10.